The third-order valence-corrected chi connectivity index (χ3v) is 5.32. The van der Waals surface area contributed by atoms with Crippen LogP contribution in [-0.4, -0.2) is 65.4 Å². The first-order valence-electron chi connectivity index (χ1n) is 9.60. The smallest absolute Gasteiger partial charge is 0.259 e. The Hall–Kier alpha value is -4.42. The van der Waals surface area contributed by atoms with Gasteiger partial charge in [0.2, 0.25) is 0 Å². The number of hydrogen-bond acceptors (Lipinski definition) is 10. The Kier molecular flexibility index (Phi) is 5.24. The van der Waals surface area contributed by atoms with E-state index in [1.165, 1.54) is 36.4 Å². The van der Waals surface area contributed by atoms with Gasteiger partial charge in [0, 0.05) is 5.56 Å². The number of phenolic OH excluding ortho intramolecular Hbond substituents is 2. The molecule has 170 valence electrons. The number of aromatic amines is 1. The monoisotopic (exact) mass is 453 g/mol. The Morgan fingerprint density at radius 1 is 1.12 bits per heavy atom. The maximum Gasteiger partial charge on any atom is 0.259 e. The minimum Gasteiger partial charge on any atom is -0.509 e. The second-order valence-corrected chi connectivity index (χ2v) is 7.42. The van der Waals surface area contributed by atoms with Gasteiger partial charge >= 0.3 is 0 Å². The molecule has 12 nitrogen and oxygen atoms in total. The summed E-state index contributed by atoms with van der Waals surface area (Å²) in [5, 5.41) is 61.7. The maximum absolute atomic E-state index is 12.4. The molecule has 1 heterocycles. The lowest BCUT2D eigenvalue weighted by molar-refractivity contribution is -0.114. The topological polar surface area (TPSA) is 226 Å². The van der Waals surface area contributed by atoms with E-state index in [4.69, 9.17) is 11.1 Å². The predicted molar refractivity (Wildman–Crippen MR) is 117 cm³/mol. The molecular weight excluding hydrogens is 434 g/mol. The van der Waals surface area contributed by atoms with E-state index in [0.29, 0.717) is 0 Å². The van der Waals surface area contributed by atoms with Crippen LogP contribution in [0.1, 0.15) is 0 Å². The van der Waals surface area contributed by atoms with E-state index in [-0.39, 0.29) is 39.5 Å². The first kappa shape index (κ1) is 21.8. The number of aliphatic hydroxyl groups excluding tert-OH is 3. The van der Waals surface area contributed by atoms with Gasteiger partial charge in [-0.15, -0.1) is 0 Å². The molecule has 0 radical (unpaired) electrons. The number of benzene rings is 2. The van der Waals surface area contributed by atoms with Crippen LogP contribution in [0.2, 0.25) is 0 Å². The van der Waals surface area contributed by atoms with Crippen molar-refractivity contribution in [3.63, 3.8) is 0 Å². The van der Waals surface area contributed by atoms with Crippen LogP contribution in [0.25, 0.3) is 22.3 Å². The average molecular weight is 453 g/mol. The fraction of sp³-hybridized carbons (Fsp3) is 0.143. The van der Waals surface area contributed by atoms with Gasteiger partial charge in [0.1, 0.15) is 52.4 Å². The van der Waals surface area contributed by atoms with Crippen LogP contribution in [0.5, 0.6) is 11.5 Å². The molecule has 0 aliphatic heterocycles. The van der Waals surface area contributed by atoms with Crippen molar-refractivity contribution in [1.82, 2.24) is 9.97 Å². The van der Waals surface area contributed by atoms with Crippen LogP contribution in [0.4, 0.5) is 5.69 Å². The van der Waals surface area contributed by atoms with E-state index in [1.807, 2.05) is 0 Å². The molecule has 1 amide bonds. The fourth-order valence-corrected chi connectivity index (χ4v) is 3.62. The molecule has 10 N–H and O–H groups in total. The highest BCUT2D eigenvalue weighted by Crippen LogP contribution is 2.33. The van der Waals surface area contributed by atoms with Crippen molar-refractivity contribution in [2.24, 2.45) is 5.73 Å². The highest BCUT2D eigenvalue weighted by atomic mass is 16.3. The van der Waals surface area contributed by atoms with Gasteiger partial charge in [-0.3, -0.25) is 9.59 Å². The van der Waals surface area contributed by atoms with E-state index in [0.717, 1.165) is 0 Å². The molecule has 3 atom stereocenters. The molecule has 0 fully saturated rings. The summed E-state index contributed by atoms with van der Waals surface area (Å²) < 4.78 is 0. The van der Waals surface area contributed by atoms with Crippen molar-refractivity contribution >= 4 is 28.2 Å². The molecule has 2 aromatic carbocycles. The molecule has 0 saturated heterocycles. The Morgan fingerprint density at radius 2 is 1.85 bits per heavy atom. The largest absolute Gasteiger partial charge is 0.509 e. The second kappa shape index (κ2) is 7.93. The summed E-state index contributed by atoms with van der Waals surface area (Å²) in [5.74, 6) is -2.43. The van der Waals surface area contributed by atoms with E-state index >= 15 is 0 Å². The standard InChI is InChI=1S/C21H19N5O7/c22-13-12(19(23)32)16(29)15(18(31)17(13)30)24-9-6-7(4-5-10(9)27)20-25-14-8(21(33)26-20)2-1-3-11(14)28/h1-6,15,17-18,22,24,27-31H,(H2,23,32)(H,25,26,33). The van der Waals surface area contributed by atoms with Gasteiger partial charge < -0.3 is 47.0 Å². The van der Waals surface area contributed by atoms with E-state index in [2.05, 4.69) is 15.3 Å². The first-order chi connectivity index (χ1) is 15.6. The van der Waals surface area contributed by atoms with Crippen LogP contribution in [0.3, 0.4) is 0 Å². The highest BCUT2D eigenvalue weighted by Gasteiger charge is 2.42. The summed E-state index contributed by atoms with van der Waals surface area (Å²) in [7, 11) is 0. The number of aliphatic hydroxyl groups is 3. The van der Waals surface area contributed by atoms with Crippen molar-refractivity contribution < 1.29 is 30.3 Å². The van der Waals surface area contributed by atoms with Crippen LogP contribution in [0.15, 0.2) is 52.5 Å². The lowest BCUT2D eigenvalue weighted by Crippen LogP contribution is -2.53. The van der Waals surface area contributed by atoms with Gasteiger partial charge in [0.25, 0.3) is 11.5 Å². The number of rotatable bonds is 4. The number of aromatic hydroxyl groups is 2. The normalized spacial score (nSPS) is 20.8. The molecular formula is C21H19N5O7. The zero-order chi connectivity index (χ0) is 24.0. The number of hydrogen-bond donors (Lipinski definition) is 9. The molecule has 0 spiro atoms. The molecule has 0 bridgehead atoms. The number of nitrogens with zero attached hydrogens (tertiary/aromatic N) is 1. The number of carbonyl (C=O) groups is 1. The minimum atomic E-state index is -1.83. The third kappa shape index (κ3) is 3.62. The van der Waals surface area contributed by atoms with Crippen molar-refractivity contribution in [2.45, 2.75) is 18.2 Å². The first-order valence-corrected chi connectivity index (χ1v) is 9.60. The van der Waals surface area contributed by atoms with Gasteiger partial charge in [0.05, 0.1) is 16.8 Å². The van der Waals surface area contributed by atoms with Crippen molar-refractivity contribution in [2.75, 3.05) is 5.32 Å². The zero-order valence-corrected chi connectivity index (χ0v) is 16.8. The Labute approximate surface area is 184 Å². The number of H-pyrrole nitrogens is 1. The number of fused-ring (bicyclic) bond motifs is 1. The van der Waals surface area contributed by atoms with Crippen LogP contribution in [-0.2, 0) is 4.79 Å². The molecule has 3 aromatic rings. The number of carbonyl (C=O) groups excluding carboxylic acids is 1. The molecule has 4 rings (SSSR count). The van der Waals surface area contributed by atoms with Gasteiger partial charge in [-0.2, -0.15) is 0 Å². The Balaban J connectivity index is 1.78. The molecule has 1 aromatic heterocycles. The molecule has 12 heteroatoms. The van der Waals surface area contributed by atoms with Gasteiger partial charge in [-0.1, -0.05) is 6.07 Å². The van der Waals surface area contributed by atoms with E-state index < -0.39 is 46.8 Å². The fourth-order valence-electron chi connectivity index (χ4n) is 3.62. The lowest BCUT2D eigenvalue weighted by Gasteiger charge is -2.33. The summed E-state index contributed by atoms with van der Waals surface area (Å²) >= 11 is 0. The van der Waals surface area contributed by atoms with Gasteiger partial charge in [-0.05, 0) is 30.3 Å². The summed E-state index contributed by atoms with van der Waals surface area (Å²) in [4.78, 5) is 30.9. The molecule has 33 heavy (non-hydrogen) atoms. The van der Waals surface area contributed by atoms with Gasteiger partial charge in [-0.25, -0.2) is 4.98 Å². The van der Waals surface area contributed by atoms with Crippen molar-refractivity contribution in [1.29, 1.82) is 5.41 Å². The third-order valence-electron chi connectivity index (χ3n) is 5.32. The highest BCUT2D eigenvalue weighted by molar-refractivity contribution is 6.22. The number of nitrogens with two attached hydrogens (primary N) is 1. The number of para-hydroxylation sites is 1. The molecule has 0 saturated carbocycles. The molecule has 1 aliphatic rings. The summed E-state index contributed by atoms with van der Waals surface area (Å²) in [6.07, 6.45) is -3.58. The Morgan fingerprint density at radius 3 is 2.55 bits per heavy atom. The number of aromatic nitrogens is 2. The lowest BCUT2D eigenvalue weighted by atomic mass is 9.86. The average Bonchev–Trinajstić information content (AvgIpc) is 2.77. The van der Waals surface area contributed by atoms with Crippen LogP contribution in [0, 0.1) is 5.41 Å². The van der Waals surface area contributed by atoms with Crippen LogP contribution >= 0.6 is 0 Å². The Bertz CT molecular complexity index is 1400. The summed E-state index contributed by atoms with van der Waals surface area (Å²) in [6.45, 7) is 0. The zero-order valence-electron chi connectivity index (χ0n) is 16.8. The minimum absolute atomic E-state index is 0.0562. The van der Waals surface area contributed by atoms with Crippen LogP contribution < -0.4 is 16.6 Å². The van der Waals surface area contributed by atoms with Crippen molar-refractivity contribution in [3.8, 4) is 22.9 Å². The number of anilines is 1. The molecule has 3 unspecified atom stereocenters. The van der Waals surface area contributed by atoms with Gasteiger partial charge in [0.15, 0.2) is 0 Å². The van der Waals surface area contributed by atoms with Crippen molar-refractivity contribution in [3.05, 3.63) is 58.1 Å². The maximum atomic E-state index is 12.4. The SMILES string of the molecule is N=C1C(C(N)=O)=C(O)C(Nc2cc(-c3nc4c(O)cccc4c(=O)[nH]3)ccc2O)C(O)C1O. The summed E-state index contributed by atoms with van der Waals surface area (Å²) in [5.41, 5.74) is 3.57. The van der Waals surface area contributed by atoms with E-state index in [9.17, 15) is 35.1 Å². The van der Waals surface area contributed by atoms with E-state index in [1.54, 1.807) is 0 Å². The molecule has 1 aliphatic carbocycles. The number of nitrogens with one attached hydrogen (secondary N) is 3. The second-order valence-electron chi connectivity index (χ2n) is 7.42. The quantitative estimate of drug-likeness (QED) is 0.239. The number of amides is 1. The predicted octanol–water partition coefficient (Wildman–Crippen LogP) is -0.166. The summed E-state index contributed by atoms with van der Waals surface area (Å²) in [6, 6.07) is 6.88. The number of primary amides is 1. The number of phenols is 2.